The van der Waals surface area contributed by atoms with E-state index in [2.05, 4.69) is 0 Å². The highest BCUT2D eigenvalue weighted by Gasteiger charge is 2.15. The van der Waals surface area contributed by atoms with Crippen LogP contribution in [0, 0.1) is 6.42 Å². The Morgan fingerprint density at radius 3 is 2.43 bits per heavy atom. The minimum atomic E-state index is -0.509. The van der Waals surface area contributed by atoms with E-state index in [1.54, 1.807) is 7.11 Å². The van der Waals surface area contributed by atoms with Crippen LogP contribution in [0.2, 0.25) is 0 Å². The number of hydrogen-bond donors (Lipinski definition) is 0. The fourth-order valence-electron chi connectivity index (χ4n) is 0.987. The van der Waals surface area contributed by atoms with E-state index in [1.807, 2.05) is 50.6 Å². The Hall–Kier alpha value is -0.860. The molecule has 0 aromatic heterocycles. The number of hydrogen-bond acceptors (Lipinski definition) is 2. The van der Waals surface area contributed by atoms with E-state index in [9.17, 15) is 0 Å². The largest absolute Gasteiger partial charge is 0.354 e. The van der Waals surface area contributed by atoms with E-state index in [0.29, 0.717) is 6.61 Å². The van der Waals surface area contributed by atoms with E-state index < -0.39 is 5.79 Å². The van der Waals surface area contributed by atoms with E-state index in [4.69, 9.17) is 9.47 Å². The summed E-state index contributed by atoms with van der Waals surface area (Å²) in [4.78, 5) is 0. The molecule has 0 unspecified atom stereocenters. The van der Waals surface area contributed by atoms with Gasteiger partial charge < -0.3 is 9.47 Å². The zero-order chi connectivity index (χ0) is 10.4. The van der Waals surface area contributed by atoms with Gasteiger partial charge in [0.05, 0.1) is 6.61 Å². The first-order chi connectivity index (χ1) is 6.64. The maximum absolute atomic E-state index is 5.50. The smallest absolute Gasteiger partial charge is 0.162 e. The van der Waals surface area contributed by atoms with Gasteiger partial charge in [0.2, 0.25) is 0 Å². The fraction of sp³-hybridized carbons (Fsp3) is 0.417. The van der Waals surface area contributed by atoms with Crippen LogP contribution in [-0.4, -0.2) is 19.5 Å². The first-order valence-electron chi connectivity index (χ1n) is 4.71. The Morgan fingerprint density at radius 1 is 1.21 bits per heavy atom. The lowest BCUT2D eigenvalue weighted by Crippen LogP contribution is -2.27. The molecule has 0 aliphatic carbocycles. The van der Waals surface area contributed by atoms with Gasteiger partial charge in [0.1, 0.15) is 0 Å². The second-order valence-corrected chi connectivity index (χ2v) is 3.53. The standard InChI is InChI=1S/C12H17O2/c1-12(2,13-3)14-10-9-11-7-5-4-6-8-11/h4-9H,10H2,1-3H3. The molecule has 2 heteroatoms. The maximum atomic E-state index is 5.50. The van der Waals surface area contributed by atoms with Crippen LogP contribution in [0.5, 0.6) is 0 Å². The molecule has 0 heterocycles. The van der Waals surface area contributed by atoms with Crippen molar-refractivity contribution in [3.63, 3.8) is 0 Å². The zero-order valence-corrected chi connectivity index (χ0v) is 8.99. The average molecular weight is 193 g/mol. The predicted octanol–water partition coefficient (Wildman–Crippen LogP) is 2.64. The van der Waals surface area contributed by atoms with Crippen LogP contribution in [0.25, 0.3) is 0 Å². The predicted molar refractivity (Wildman–Crippen MR) is 56.9 cm³/mol. The molecular formula is C12H17O2. The van der Waals surface area contributed by atoms with Gasteiger partial charge in [-0.2, -0.15) is 0 Å². The van der Waals surface area contributed by atoms with Gasteiger partial charge >= 0.3 is 0 Å². The summed E-state index contributed by atoms with van der Waals surface area (Å²) in [7, 11) is 1.64. The van der Waals surface area contributed by atoms with Crippen molar-refractivity contribution < 1.29 is 9.47 Å². The molecule has 1 aromatic carbocycles. The van der Waals surface area contributed by atoms with Crippen molar-refractivity contribution in [3.05, 3.63) is 42.3 Å². The number of ether oxygens (including phenoxy) is 2. The molecule has 0 fully saturated rings. The Balaban J connectivity index is 2.29. The molecule has 1 rings (SSSR count). The first kappa shape index (κ1) is 11.2. The quantitative estimate of drug-likeness (QED) is 0.669. The van der Waals surface area contributed by atoms with Crippen LogP contribution < -0.4 is 0 Å². The molecule has 0 spiro atoms. The van der Waals surface area contributed by atoms with E-state index in [0.717, 1.165) is 0 Å². The van der Waals surface area contributed by atoms with Crippen molar-refractivity contribution in [1.82, 2.24) is 0 Å². The van der Waals surface area contributed by atoms with Crippen LogP contribution in [0.3, 0.4) is 0 Å². The lowest BCUT2D eigenvalue weighted by molar-refractivity contribution is -0.191. The molecule has 0 N–H and O–H groups in total. The third-order valence-electron chi connectivity index (χ3n) is 2.04. The van der Waals surface area contributed by atoms with Crippen LogP contribution in [0.15, 0.2) is 30.3 Å². The Bertz CT molecular complexity index is 254. The van der Waals surface area contributed by atoms with Crippen molar-refractivity contribution in [3.8, 4) is 0 Å². The highest BCUT2D eigenvalue weighted by Crippen LogP contribution is 2.11. The van der Waals surface area contributed by atoms with Crippen LogP contribution in [0.1, 0.15) is 19.4 Å². The highest BCUT2D eigenvalue weighted by atomic mass is 16.7. The molecule has 0 saturated heterocycles. The van der Waals surface area contributed by atoms with Crippen molar-refractivity contribution in [1.29, 1.82) is 0 Å². The van der Waals surface area contributed by atoms with Gasteiger partial charge in [0.15, 0.2) is 5.79 Å². The van der Waals surface area contributed by atoms with E-state index >= 15 is 0 Å². The molecule has 77 valence electrons. The SMILES string of the molecule is COC(C)(C)OC[CH]c1ccccc1. The van der Waals surface area contributed by atoms with Gasteiger partial charge in [-0.05, 0) is 19.4 Å². The normalized spacial score (nSPS) is 11.6. The summed E-state index contributed by atoms with van der Waals surface area (Å²) in [6.45, 7) is 4.35. The van der Waals surface area contributed by atoms with Gasteiger partial charge in [-0.25, -0.2) is 0 Å². The number of rotatable bonds is 5. The molecule has 1 aromatic rings. The molecule has 2 nitrogen and oxygen atoms in total. The minimum absolute atomic E-state index is 0.509. The summed E-state index contributed by atoms with van der Waals surface area (Å²) >= 11 is 0. The summed E-state index contributed by atoms with van der Waals surface area (Å²) in [6.07, 6.45) is 2.03. The van der Waals surface area contributed by atoms with Crippen molar-refractivity contribution >= 4 is 0 Å². The lowest BCUT2D eigenvalue weighted by Gasteiger charge is -2.23. The summed E-state index contributed by atoms with van der Waals surface area (Å²) < 4.78 is 10.6. The highest BCUT2D eigenvalue weighted by molar-refractivity contribution is 5.22. The number of methoxy groups -OCH3 is 1. The second-order valence-electron chi connectivity index (χ2n) is 3.53. The molecule has 0 amide bonds. The van der Waals surface area contributed by atoms with Crippen LogP contribution >= 0.6 is 0 Å². The van der Waals surface area contributed by atoms with Gasteiger partial charge in [-0.3, -0.25) is 0 Å². The molecule has 1 radical (unpaired) electrons. The fourth-order valence-corrected chi connectivity index (χ4v) is 0.987. The van der Waals surface area contributed by atoms with E-state index in [1.165, 1.54) is 5.56 Å². The molecule has 0 aliphatic heterocycles. The van der Waals surface area contributed by atoms with Gasteiger partial charge in [-0.1, -0.05) is 30.3 Å². The molecule has 0 atom stereocenters. The summed E-state index contributed by atoms with van der Waals surface area (Å²) in [5, 5.41) is 0. The monoisotopic (exact) mass is 193 g/mol. The molecule has 14 heavy (non-hydrogen) atoms. The van der Waals surface area contributed by atoms with Crippen molar-refractivity contribution in [2.45, 2.75) is 19.6 Å². The van der Waals surface area contributed by atoms with Crippen molar-refractivity contribution in [2.75, 3.05) is 13.7 Å². The topological polar surface area (TPSA) is 18.5 Å². The summed E-state index contributed by atoms with van der Waals surface area (Å²) in [5.41, 5.74) is 1.17. The minimum Gasteiger partial charge on any atom is -0.354 e. The Kier molecular flexibility index (Phi) is 4.11. The van der Waals surface area contributed by atoms with Crippen LogP contribution in [0.4, 0.5) is 0 Å². The summed E-state index contributed by atoms with van der Waals surface area (Å²) in [5.74, 6) is -0.509. The van der Waals surface area contributed by atoms with Gasteiger partial charge in [-0.15, -0.1) is 0 Å². The molecule has 0 aliphatic rings. The Morgan fingerprint density at radius 2 is 1.86 bits per heavy atom. The lowest BCUT2D eigenvalue weighted by atomic mass is 10.2. The van der Waals surface area contributed by atoms with Crippen molar-refractivity contribution in [2.24, 2.45) is 0 Å². The maximum Gasteiger partial charge on any atom is 0.162 e. The first-order valence-corrected chi connectivity index (χ1v) is 4.71. The van der Waals surface area contributed by atoms with E-state index in [-0.39, 0.29) is 0 Å². The van der Waals surface area contributed by atoms with Gasteiger partial charge in [0.25, 0.3) is 0 Å². The van der Waals surface area contributed by atoms with Gasteiger partial charge in [0, 0.05) is 13.5 Å². The Labute approximate surface area is 85.8 Å². The second kappa shape index (κ2) is 5.13. The zero-order valence-electron chi connectivity index (χ0n) is 8.99. The third kappa shape index (κ3) is 3.90. The molecule has 0 bridgehead atoms. The average Bonchev–Trinajstić information content (AvgIpc) is 2.19. The summed E-state index contributed by atoms with van der Waals surface area (Å²) in [6, 6.07) is 10.1. The third-order valence-corrected chi connectivity index (χ3v) is 2.04. The molecule has 0 saturated carbocycles. The number of benzene rings is 1. The molecular weight excluding hydrogens is 176 g/mol. The van der Waals surface area contributed by atoms with Crippen LogP contribution in [-0.2, 0) is 9.47 Å².